The zero-order valence-electron chi connectivity index (χ0n) is 33.0. The molecule has 5 aliphatic rings. The van der Waals surface area contributed by atoms with E-state index in [0.29, 0.717) is 79.4 Å². The minimum atomic E-state index is -3.55. The smallest absolute Gasteiger partial charge is 0.264 e. The van der Waals surface area contributed by atoms with Crippen molar-refractivity contribution in [1.82, 2.24) is 29.7 Å². The molecule has 2 N–H and O–H groups in total. The monoisotopic (exact) mass is 820 g/mol. The Labute approximate surface area is 342 Å². The van der Waals surface area contributed by atoms with E-state index in [9.17, 15) is 32.4 Å². The highest BCUT2D eigenvalue weighted by Gasteiger charge is 2.46. The third kappa shape index (κ3) is 7.30. The molecule has 2 aromatic heterocycles. The fourth-order valence-corrected chi connectivity index (χ4v) is 11.6. The average Bonchev–Trinajstić information content (AvgIpc) is 3.77. The van der Waals surface area contributed by atoms with Crippen molar-refractivity contribution in [3.63, 3.8) is 0 Å². The van der Waals surface area contributed by atoms with E-state index in [1.165, 1.54) is 0 Å². The summed E-state index contributed by atoms with van der Waals surface area (Å²) in [7, 11) is -3.55. The number of carbonyl (C=O) groups excluding carboxylic acids is 4. The summed E-state index contributed by atoms with van der Waals surface area (Å²) in [5.74, 6) is -0.920. The van der Waals surface area contributed by atoms with Gasteiger partial charge in [0.05, 0.1) is 27.0 Å². The van der Waals surface area contributed by atoms with Gasteiger partial charge in [-0.15, -0.1) is 0 Å². The number of carbonyl (C=O) groups is 4. The largest absolute Gasteiger partial charge is 0.371 e. The molecule has 59 heavy (non-hydrogen) atoms. The number of nitrogens with one attached hydrogen (secondary N) is 2. The highest BCUT2D eigenvalue weighted by atomic mass is 32.2. The standard InChI is InChI=1S/C43H48N8O7S/c1-26-4-2-6-33(26)50-37(53)15-8-28-24-44-43(47-39(28)50)45-29-9-11-30(12-10-29)59(57,58)31-18-20-48(21-19-31)25-27-16-22-49(23-17-27)34-7-3-5-32-38(34)42(56)51(41(32)55)35-13-14-36(52)46-40(35)54/h3,5,7-12,15,24,26-27,31,33,35H,2,4,6,13-14,16-23,25H2,1H3,(H,44,45,47)(H,46,52,54)/t26-,33+,35?/m0/s1. The summed E-state index contributed by atoms with van der Waals surface area (Å²) in [5.41, 5.74) is 2.45. The second-order valence-corrected chi connectivity index (χ2v) is 19.0. The molecule has 16 heteroatoms. The number of hydrogen-bond acceptors (Lipinski definition) is 12. The molecule has 308 valence electrons. The molecule has 0 radical (unpaired) electrons. The molecule has 6 heterocycles. The maximum absolute atomic E-state index is 13.8. The number of fused-ring (bicyclic) bond motifs is 2. The Kier molecular flexibility index (Phi) is 10.3. The van der Waals surface area contributed by atoms with Gasteiger partial charge >= 0.3 is 0 Å². The number of amides is 4. The van der Waals surface area contributed by atoms with Gasteiger partial charge < -0.3 is 15.1 Å². The van der Waals surface area contributed by atoms with Crippen molar-refractivity contribution in [2.45, 2.75) is 86.9 Å². The van der Waals surface area contributed by atoms with Gasteiger partial charge in [-0.05, 0) is 112 Å². The van der Waals surface area contributed by atoms with Crippen LogP contribution in [0.5, 0.6) is 0 Å². The van der Waals surface area contributed by atoms with Crippen LogP contribution in [0, 0.1) is 11.8 Å². The van der Waals surface area contributed by atoms with Crippen molar-refractivity contribution in [1.29, 1.82) is 0 Å². The number of nitrogens with zero attached hydrogens (tertiary/aromatic N) is 6. The van der Waals surface area contributed by atoms with Crippen LogP contribution in [0.2, 0.25) is 0 Å². The average molecular weight is 821 g/mol. The van der Waals surface area contributed by atoms with Gasteiger partial charge in [-0.3, -0.25) is 38.8 Å². The van der Waals surface area contributed by atoms with Crippen LogP contribution in [0.3, 0.4) is 0 Å². The Morgan fingerprint density at radius 2 is 1.59 bits per heavy atom. The molecule has 4 amide bonds. The van der Waals surface area contributed by atoms with Crippen LogP contribution < -0.4 is 21.1 Å². The lowest BCUT2D eigenvalue weighted by atomic mass is 9.94. The Hall–Kier alpha value is -5.48. The Morgan fingerprint density at radius 1 is 0.831 bits per heavy atom. The molecule has 0 bridgehead atoms. The summed E-state index contributed by atoms with van der Waals surface area (Å²) in [6.45, 7) is 5.81. The summed E-state index contributed by atoms with van der Waals surface area (Å²) in [6.07, 6.45) is 7.83. The lowest BCUT2D eigenvalue weighted by Crippen LogP contribution is -2.54. The van der Waals surface area contributed by atoms with E-state index in [-0.39, 0.29) is 34.9 Å². The second-order valence-electron chi connectivity index (χ2n) is 16.8. The maximum atomic E-state index is 13.8. The first-order chi connectivity index (χ1) is 28.5. The topological polar surface area (TPSA) is 184 Å². The quantitative estimate of drug-likeness (QED) is 0.227. The van der Waals surface area contributed by atoms with E-state index in [2.05, 4.69) is 32.3 Å². The number of sulfone groups is 1. The van der Waals surface area contributed by atoms with E-state index in [0.717, 1.165) is 48.9 Å². The Balaban J connectivity index is 0.783. The van der Waals surface area contributed by atoms with E-state index in [1.807, 2.05) is 6.07 Å². The van der Waals surface area contributed by atoms with Gasteiger partial charge in [-0.2, -0.15) is 4.98 Å². The van der Waals surface area contributed by atoms with Gasteiger partial charge in [0, 0.05) is 55.4 Å². The molecule has 4 aromatic rings. The number of hydrogen-bond donors (Lipinski definition) is 2. The van der Waals surface area contributed by atoms with Crippen LogP contribution in [0.25, 0.3) is 11.0 Å². The zero-order chi connectivity index (χ0) is 41.0. The molecule has 15 nitrogen and oxygen atoms in total. The molecular weight excluding hydrogens is 773 g/mol. The number of piperidine rings is 3. The van der Waals surface area contributed by atoms with Crippen LogP contribution in [-0.4, -0.2) is 100 Å². The van der Waals surface area contributed by atoms with E-state index in [1.54, 1.807) is 59.3 Å². The zero-order valence-corrected chi connectivity index (χ0v) is 33.8. The number of likely N-dealkylation sites (tertiary alicyclic amines) is 1. The van der Waals surface area contributed by atoms with Gasteiger partial charge in [0.25, 0.3) is 17.4 Å². The van der Waals surface area contributed by atoms with Gasteiger partial charge in [0.1, 0.15) is 11.7 Å². The Bertz CT molecular complexity index is 2510. The van der Waals surface area contributed by atoms with E-state index in [4.69, 9.17) is 4.98 Å². The molecule has 4 fully saturated rings. The Morgan fingerprint density at radius 3 is 2.31 bits per heavy atom. The minimum absolute atomic E-state index is 0.0704. The normalized spacial score (nSPS) is 23.6. The number of imide groups is 2. The van der Waals surface area contributed by atoms with Crippen molar-refractivity contribution in [3.8, 4) is 0 Å². The SMILES string of the molecule is C[C@H]1CCC[C@H]1n1c(=O)ccc2cnc(Nc3ccc(S(=O)(=O)C4CCN(CC5CCN(c6cccc7c6C(=O)N(C6CCC(=O)NC6=O)C7=O)CC5)CC4)cc3)nc21. The molecule has 9 rings (SSSR count). The molecule has 3 saturated heterocycles. The second kappa shape index (κ2) is 15.6. The summed E-state index contributed by atoms with van der Waals surface area (Å²) >= 11 is 0. The first-order valence-electron chi connectivity index (χ1n) is 20.8. The first-order valence-corrected chi connectivity index (χ1v) is 22.3. The number of aromatic nitrogens is 3. The molecular formula is C43H48N8O7S. The van der Waals surface area contributed by atoms with E-state index >= 15 is 0 Å². The molecule has 1 unspecified atom stereocenters. The fourth-order valence-electron chi connectivity index (χ4n) is 9.86. The molecule has 2 aromatic carbocycles. The summed E-state index contributed by atoms with van der Waals surface area (Å²) in [5, 5.41) is 5.76. The third-order valence-corrected chi connectivity index (χ3v) is 15.4. The molecule has 4 aliphatic heterocycles. The van der Waals surface area contributed by atoms with Crippen LogP contribution in [0.15, 0.2) is 70.5 Å². The lowest BCUT2D eigenvalue weighted by molar-refractivity contribution is -0.136. The lowest BCUT2D eigenvalue weighted by Gasteiger charge is -2.38. The summed E-state index contributed by atoms with van der Waals surface area (Å²) in [4.78, 5) is 79.2. The summed E-state index contributed by atoms with van der Waals surface area (Å²) in [6, 6.07) is 14.4. The predicted molar refractivity (Wildman–Crippen MR) is 220 cm³/mol. The van der Waals surface area contributed by atoms with Gasteiger partial charge in [-0.25, -0.2) is 13.4 Å². The van der Waals surface area contributed by atoms with Crippen LogP contribution >= 0.6 is 0 Å². The van der Waals surface area contributed by atoms with Gasteiger partial charge in [0.2, 0.25) is 17.8 Å². The van der Waals surface area contributed by atoms with Gasteiger partial charge in [-0.1, -0.05) is 19.4 Å². The van der Waals surface area contributed by atoms with Crippen LogP contribution in [0.1, 0.15) is 91.5 Å². The maximum Gasteiger partial charge on any atom is 0.264 e. The van der Waals surface area contributed by atoms with Gasteiger partial charge in [0.15, 0.2) is 9.84 Å². The molecule has 3 atom stereocenters. The molecule has 1 saturated carbocycles. The third-order valence-electron chi connectivity index (χ3n) is 13.1. The van der Waals surface area contributed by atoms with Crippen LogP contribution in [-0.2, 0) is 19.4 Å². The van der Waals surface area contributed by atoms with Crippen LogP contribution in [0.4, 0.5) is 17.3 Å². The van der Waals surface area contributed by atoms with Crippen molar-refractivity contribution in [2.75, 3.05) is 42.9 Å². The van der Waals surface area contributed by atoms with E-state index < -0.39 is 44.8 Å². The molecule has 0 spiro atoms. The minimum Gasteiger partial charge on any atom is -0.371 e. The molecule has 1 aliphatic carbocycles. The van der Waals surface area contributed by atoms with Crippen molar-refractivity contribution in [2.24, 2.45) is 11.8 Å². The van der Waals surface area contributed by atoms with Crippen molar-refractivity contribution < 1.29 is 27.6 Å². The van der Waals surface area contributed by atoms with Crippen molar-refractivity contribution in [3.05, 3.63) is 82.3 Å². The number of pyridine rings is 1. The van der Waals surface area contributed by atoms with Crippen molar-refractivity contribution >= 4 is 61.8 Å². The highest BCUT2D eigenvalue weighted by Crippen LogP contribution is 2.38. The number of anilines is 3. The highest BCUT2D eigenvalue weighted by molar-refractivity contribution is 7.92. The predicted octanol–water partition coefficient (Wildman–Crippen LogP) is 4.45. The number of rotatable bonds is 9. The first kappa shape index (κ1) is 39.0. The summed E-state index contributed by atoms with van der Waals surface area (Å²) < 4.78 is 29.3. The number of benzene rings is 2. The fraction of sp³-hybridized carbons (Fsp3) is 0.465.